The number of nitrogens with one attached hydrogen (secondary N) is 2. The van der Waals surface area contributed by atoms with Gasteiger partial charge in [-0.25, -0.2) is 9.69 Å². The van der Waals surface area contributed by atoms with Crippen LogP contribution in [0.5, 0.6) is 0 Å². The van der Waals surface area contributed by atoms with Crippen LogP contribution in [0.15, 0.2) is 60.7 Å². The summed E-state index contributed by atoms with van der Waals surface area (Å²) < 4.78 is 11.3. The van der Waals surface area contributed by atoms with Crippen molar-refractivity contribution in [3.05, 3.63) is 71.8 Å². The zero-order chi connectivity index (χ0) is 27.0. The molecule has 0 aromatic heterocycles. The average Bonchev–Trinajstić information content (AvgIpc) is 2.96. The number of carbonyl (C=O) groups is 3. The van der Waals surface area contributed by atoms with Crippen molar-refractivity contribution in [2.45, 2.75) is 39.0 Å². The second-order valence-corrected chi connectivity index (χ2v) is 9.71. The summed E-state index contributed by atoms with van der Waals surface area (Å²) in [5.41, 5.74) is 0.962. The number of likely N-dealkylation sites (tertiary alicyclic amines) is 1. The molecule has 2 fully saturated rings. The van der Waals surface area contributed by atoms with Gasteiger partial charge in [0.25, 0.3) is 0 Å². The van der Waals surface area contributed by atoms with E-state index in [9.17, 15) is 14.4 Å². The molecule has 2 aromatic rings. The maximum absolute atomic E-state index is 13.5. The van der Waals surface area contributed by atoms with Gasteiger partial charge in [0.1, 0.15) is 6.61 Å². The number of morpholine rings is 1. The molecule has 2 saturated heterocycles. The lowest BCUT2D eigenvalue weighted by molar-refractivity contribution is -0.210. The summed E-state index contributed by atoms with van der Waals surface area (Å²) in [5, 5.41) is 5.90. The van der Waals surface area contributed by atoms with Crippen LogP contribution in [-0.4, -0.2) is 79.9 Å². The molecule has 1 atom stereocenters. The Balaban J connectivity index is 1.41. The fourth-order valence-corrected chi connectivity index (χ4v) is 5.19. The van der Waals surface area contributed by atoms with Gasteiger partial charge in [0.2, 0.25) is 11.8 Å². The van der Waals surface area contributed by atoms with Crippen LogP contribution in [0.4, 0.5) is 4.79 Å². The first kappa shape index (κ1) is 27.8. The molecule has 0 radical (unpaired) electrons. The lowest BCUT2D eigenvalue weighted by Crippen LogP contribution is -2.72. The highest BCUT2D eigenvalue weighted by Crippen LogP contribution is 2.46. The van der Waals surface area contributed by atoms with Gasteiger partial charge < -0.3 is 20.1 Å². The van der Waals surface area contributed by atoms with E-state index in [1.807, 2.05) is 74.5 Å². The fraction of sp³-hybridized carbons (Fsp3) is 0.483. The summed E-state index contributed by atoms with van der Waals surface area (Å²) in [6.45, 7) is 7.93. The molecule has 2 aliphatic heterocycles. The summed E-state index contributed by atoms with van der Waals surface area (Å²) in [7, 11) is 0. The van der Waals surface area contributed by atoms with Crippen LogP contribution in [0, 0.1) is 5.41 Å². The molecule has 0 saturated carbocycles. The first-order valence-electron chi connectivity index (χ1n) is 13.4. The van der Waals surface area contributed by atoms with Gasteiger partial charge in [0.15, 0.2) is 6.23 Å². The number of hydrogen-bond acceptors (Lipinski definition) is 6. The molecule has 204 valence electrons. The van der Waals surface area contributed by atoms with Gasteiger partial charge in [0, 0.05) is 26.2 Å². The smallest absolute Gasteiger partial charge is 0.327 e. The zero-order valence-electron chi connectivity index (χ0n) is 22.2. The molecule has 2 heterocycles. The standard InChI is InChI=1S/C29H38N4O5/c1-3-29(4-2)26(35)33(27(29)38-21-24(34)30-15-16-32-17-19-37-20-18-32)28(36)31-25(22-11-7-5-8-12-22)23-13-9-6-10-14-23/h5-14,25,27H,3-4,15-21H2,1-2H3,(H,30,34)(H,31,36). The molecule has 0 bridgehead atoms. The minimum atomic E-state index is -0.833. The molecule has 0 aliphatic carbocycles. The molecule has 4 amide bonds. The molecule has 9 heteroatoms. The molecular formula is C29H38N4O5. The van der Waals surface area contributed by atoms with Gasteiger partial charge in [-0.3, -0.25) is 14.5 Å². The van der Waals surface area contributed by atoms with Crippen LogP contribution in [0.3, 0.4) is 0 Å². The summed E-state index contributed by atoms with van der Waals surface area (Å²) in [6, 6.07) is 18.2. The van der Waals surface area contributed by atoms with E-state index in [0.29, 0.717) is 32.6 Å². The summed E-state index contributed by atoms with van der Waals surface area (Å²) in [5.74, 6) is -0.553. The van der Waals surface area contributed by atoms with E-state index in [2.05, 4.69) is 15.5 Å². The van der Waals surface area contributed by atoms with Crippen LogP contribution in [-0.2, 0) is 19.1 Å². The summed E-state index contributed by atoms with van der Waals surface area (Å²) in [6.07, 6.45) is 0.203. The number of carbonyl (C=O) groups excluding carboxylic acids is 3. The lowest BCUT2D eigenvalue weighted by atomic mass is 9.72. The Morgan fingerprint density at radius 3 is 2.13 bits per heavy atom. The second-order valence-electron chi connectivity index (χ2n) is 9.71. The normalized spacial score (nSPS) is 19.2. The van der Waals surface area contributed by atoms with Gasteiger partial charge in [0.05, 0.1) is 24.7 Å². The summed E-state index contributed by atoms with van der Waals surface area (Å²) in [4.78, 5) is 42.7. The number of imide groups is 1. The minimum absolute atomic E-state index is 0.229. The van der Waals surface area contributed by atoms with Crippen LogP contribution in [0.25, 0.3) is 0 Å². The van der Waals surface area contributed by atoms with Crippen molar-refractivity contribution in [2.24, 2.45) is 5.41 Å². The maximum Gasteiger partial charge on any atom is 0.327 e. The third-order valence-electron chi connectivity index (χ3n) is 7.59. The molecule has 9 nitrogen and oxygen atoms in total. The average molecular weight is 523 g/mol. The molecule has 38 heavy (non-hydrogen) atoms. The highest BCUT2D eigenvalue weighted by molar-refractivity contribution is 6.03. The van der Waals surface area contributed by atoms with Gasteiger partial charge in [-0.15, -0.1) is 0 Å². The highest BCUT2D eigenvalue weighted by atomic mass is 16.5. The van der Waals surface area contributed by atoms with E-state index in [4.69, 9.17) is 9.47 Å². The Labute approximate surface area is 224 Å². The number of urea groups is 1. The van der Waals surface area contributed by atoms with Gasteiger partial charge in [-0.05, 0) is 24.0 Å². The predicted molar refractivity (Wildman–Crippen MR) is 143 cm³/mol. The van der Waals surface area contributed by atoms with Crippen molar-refractivity contribution in [2.75, 3.05) is 46.0 Å². The van der Waals surface area contributed by atoms with Crippen LogP contribution in [0.1, 0.15) is 43.9 Å². The zero-order valence-corrected chi connectivity index (χ0v) is 22.2. The van der Waals surface area contributed by atoms with Gasteiger partial charge in [-0.2, -0.15) is 0 Å². The van der Waals surface area contributed by atoms with Gasteiger partial charge >= 0.3 is 6.03 Å². The lowest BCUT2D eigenvalue weighted by Gasteiger charge is -2.53. The molecule has 2 aliphatic rings. The van der Waals surface area contributed by atoms with Gasteiger partial charge in [-0.1, -0.05) is 74.5 Å². The SMILES string of the molecule is CCC1(CC)C(=O)N(C(=O)NC(c2ccccc2)c2ccccc2)C1OCC(=O)NCCN1CCOCC1. The van der Waals surface area contributed by atoms with Crippen LogP contribution >= 0.6 is 0 Å². The molecule has 1 unspecified atom stereocenters. The van der Waals surface area contributed by atoms with Crippen molar-refractivity contribution < 1.29 is 23.9 Å². The van der Waals surface area contributed by atoms with E-state index in [0.717, 1.165) is 35.7 Å². The van der Waals surface area contributed by atoms with E-state index in [-0.39, 0.29) is 18.4 Å². The summed E-state index contributed by atoms with van der Waals surface area (Å²) >= 11 is 0. The molecule has 2 aromatic carbocycles. The van der Waals surface area contributed by atoms with E-state index < -0.39 is 23.7 Å². The number of ether oxygens (including phenoxy) is 2. The first-order valence-corrected chi connectivity index (χ1v) is 13.4. The molecule has 0 spiro atoms. The van der Waals surface area contributed by atoms with E-state index in [1.165, 1.54) is 0 Å². The number of benzene rings is 2. The van der Waals surface area contributed by atoms with Crippen molar-refractivity contribution in [3.63, 3.8) is 0 Å². The van der Waals surface area contributed by atoms with E-state index in [1.54, 1.807) is 0 Å². The minimum Gasteiger partial charge on any atom is -0.379 e. The number of β-lactam (4-membered cyclic amide) rings is 1. The Kier molecular flexibility index (Phi) is 9.49. The van der Waals surface area contributed by atoms with Crippen molar-refractivity contribution >= 4 is 17.8 Å². The number of rotatable bonds is 11. The molecular weight excluding hydrogens is 484 g/mol. The third-order valence-corrected chi connectivity index (χ3v) is 7.59. The van der Waals surface area contributed by atoms with Crippen LogP contribution < -0.4 is 10.6 Å². The Morgan fingerprint density at radius 1 is 1.00 bits per heavy atom. The molecule has 4 rings (SSSR count). The van der Waals surface area contributed by atoms with Crippen molar-refractivity contribution in [1.82, 2.24) is 20.4 Å². The van der Waals surface area contributed by atoms with Crippen molar-refractivity contribution in [1.29, 1.82) is 0 Å². The predicted octanol–water partition coefficient (Wildman–Crippen LogP) is 2.93. The van der Waals surface area contributed by atoms with Crippen LogP contribution in [0.2, 0.25) is 0 Å². The number of amides is 4. The number of hydrogen-bond donors (Lipinski definition) is 2. The fourth-order valence-electron chi connectivity index (χ4n) is 5.19. The highest BCUT2D eigenvalue weighted by Gasteiger charge is 2.62. The first-order chi connectivity index (χ1) is 18.5. The quantitative estimate of drug-likeness (QED) is 0.440. The largest absolute Gasteiger partial charge is 0.379 e. The third kappa shape index (κ3) is 6.06. The van der Waals surface area contributed by atoms with E-state index >= 15 is 0 Å². The topological polar surface area (TPSA) is 100 Å². The number of nitrogens with zero attached hydrogens (tertiary/aromatic N) is 2. The molecule has 2 N–H and O–H groups in total. The monoisotopic (exact) mass is 522 g/mol. The maximum atomic E-state index is 13.5. The Bertz CT molecular complexity index is 1030. The van der Waals surface area contributed by atoms with Crippen molar-refractivity contribution in [3.8, 4) is 0 Å². The Hall–Kier alpha value is -3.27. The Morgan fingerprint density at radius 2 is 1.58 bits per heavy atom. The second kappa shape index (κ2) is 13.0.